The molecule has 0 aliphatic carbocycles. The fourth-order valence-electron chi connectivity index (χ4n) is 2.83. The van der Waals surface area contributed by atoms with Gasteiger partial charge in [0.2, 0.25) is 21.9 Å². The Morgan fingerprint density at radius 1 is 1.15 bits per heavy atom. The Morgan fingerprint density at radius 3 is 2.38 bits per heavy atom. The third kappa shape index (κ3) is 4.08. The molecule has 0 radical (unpaired) electrons. The number of halogens is 1. The molecule has 0 saturated carbocycles. The van der Waals surface area contributed by atoms with Gasteiger partial charge in [-0.25, -0.2) is 8.42 Å². The average Bonchev–Trinajstić information content (AvgIpc) is 2.62. The van der Waals surface area contributed by atoms with E-state index < -0.39 is 16.0 Å². The van der Waals surface area contributed by atoms with Crippen LogP contribution in [0.3, 0.4) is 0 Å². The quantitative estimate of drug-likeness (QED) is 0.591. The van der Waals surface area contributed by atoms with Crippen molar-refractivity contribution in [1.82, 2.24) is 9.29 Å². The second-order valence-corrected chi connectivity index (χ2v) is 8.04. The number of rotatable bonds is 5. The summed E-state index contributed by atoms with van der Waals surface area (Å²) in [5.41, 5.74) is 0.471. The fraction of sp³-hybridized carbons (Fsp3) is 0.333. The lowest BCUT2D eigenvalue weighted by atomic mass is 10.1. The third-order valence-electron chi connectivity index (χ3n) is 4.28. The number of aromatic nitrogens is 1. The number of sulfonamides is 1. The summed E-state index contributed by atoms with van der Waals surface area (Å²) in [4.78, 5) is 15.1. The molecule has 8 heteroatoms. The standard InChI is InChI=1S/C18H19FN2O4S/c1-13(22)14-5-7-16(8-6-14)26(23,24)21-11-9-15(10-12-21)25-18-4-2-3-17(19)20-18/h2-8,15H,9-12H2,1H3. The van der Waals surface area contributed by atoms with Crippen LogP contribution in [-0.2, 0) is 10.0 Å². The Bertz CT molecular complexity index is 892. The minimum Gasteiger partial charge on any atom is -0.474 e. The van der Waals surface area contributed by atoms with Gasteiger partial charge in [-0.15, -0.1) is 0 Å². The van der Waals surface area contributed by atoms with Gasteiger partial charge in [-0.05, 0) is 38.0 Å². The number of ether oxygens (including phenoxy) is 1. The third-order valence-corrected chi connectivity index (χ3v) is 6.19. The molecule has 138 valence electrons. The van der Waals surface area contributed by atoms with Crippen molar-refractivity contribution in [2.75, 3.05) is 13.1 Å². The van der Waals surface area contributed by atoms with Gasteiger partial charge in [0.1, 0.15) is 6.10 Å². The monoisotopic (exact) mass is 378 g/mol. The first-order chi connectivity index (χ1) is 12.4. The van der Waals surface area contributed by atoms with Crippen LogP contribution in [0.5, 0.6) is 5.88 Å². The lowest BCUT2D eigenvalue weighted by molar-refractivity contribution is 0.101. The molecule has 0 bridgehead atoms. The highest BCUT2D eigenvalue weighted by Gasteiger charge is 2.30. The van der Waals surface area contributed by atoms with Crippen LogP contribution in [-0.4, -0.2) is 42.7 Å². The molecule has 0 spiro atoms. The molecule has 0 amide bonds. The van der Waals surface area contributed by atoms with Crippen LogP contribution in [0.2, 0.25) is 0 Å². The first kappa shape index (κ1) is 18.5. The number of ketones is 1. The molecule has 1 aromatic heterocycles. The molecule has 1 fully saturated rings. The molecule has 1 aromatic carbocycles. The van der Waals surface area contributed by atoms with Crippen molar-refractivity contribution in [2.45, 2.75) is 30.8 Å². The van der Waals surface area contributed by atoms with Crippen molar-refractivity contribution in [3.63, 3.8) is 0 Å². The minimum atomic E-state index is -3.62. The van der Waals surface area contributed by atoms with E-state index in [0.717, 1.165) is 0 Å². The number of benzene rings is 1. The van der Waals surface area contributed by atoms with Crippen molar-refractivity contribution < 1.29 is 22.3 Å². The number of hydrogen-bond acceptors (Lipinski definition) is 5. The van der Waals surface area contributed by atoms with Crippen molar-refractivity contribution in [3.8, 4) is 5.88 Å². The summed E-state index contributed by atoms with van der Waals surface area (Å²) in [7, 11) is -3.62. The average molecular weight is 378 g/mol. The highest BCUT2D eigenvalue weighted by Crippen LogP contribution is 2.23. The van der Waals surface area contributed by atoms with Gasteiger partial charge >= 0.3 is 0 Å². The van der Waals surface area contributed by atoms with Crippen molar-refractivity contribution >= 4 is 15.8 Å². The molecular formula is C18H19FN2O4S. The van der Waals surface area contributed by atoms with E-state index in [9.17, 15) is 17.6 Å². The second kappa shape index (κ2) is 7.51. The first-order valence-corrected chi connectivity index (χ1v) is 9.70. The lowest BCUT2D eigenvalue weighted by Gasteiger charge is -2.31. The summed E-state index contributed by atoms with van der Waals surface area (Å²) in [5.74, 6) is -0.527. The van der Waals surface area contributed by atoms with Gasteiger partial charge in [0.25, 0.3) is 0 Å². The van der Waals surface area contributed by atoms with E-state index in [1.54, 1.807) is 6.07 Å². The molecule has 0 N–H and O–H groups in total. The summed E-state index contributed by atoms with van der Waals surface area (Å²) >= 11 is 0. The highest BCUT2D eigenvalue weighted by atomic mass is 32.2. The number of pyridine rings is 1. The van der Waals surface area contributed by atoms with Gasteiger partial charge in [-0.3, -0.25) is 4.79 Å². The van der Waals surface area contributed by atoms with E-state index in [-0.39, 0.29) is 22.7 Å². The molecule has 0 unspecified atom stereocenters. The van der Waals surface area contributed by atoms with Gasteiger partial charge in [-0.1, -0.05) is 18.2 Å². The highest BCUT2D eigenvalue weighted by molar-refractivity contribution is 7.89. The largest absolute Gasteiger partial charge is 0.474 e. The van der Waals surface area contributed by atoms with Crippen LogP contribution in [0, 0.1) is 5.95 Å². The molecule has 3 rings (SSSR count). The van der Waals surface area contributed by atoms with Crippen LogP contribution in [0.25, 0.3) is 0 Å². The Hall–Kier alpha value is -2.32. The van der Waals surface area contributed by atoms with Crippen molar-refractivity contribution in [2.24, 2.45) is 0 Å². The van der Waals surface area contributed by atoms with E-state index in [1.807, 2.05) is 0 Å². The van der Waals surface area contributed by atoms with Gasteiger partial charge in [0.15, 0.2) is 5.78 Å². The number of Topliss-reactive ketones (excluding diaryl/α,β-unsaturated/α-hetero) is 1. The SMILES string of the molecule is CC(=O)c1ccc(S(=O)(=O)N2CCC(Oc3cccc(F)n3)CC2)cc1. The van der Waals surface area contributed by atoms with Gasteiger partial charge in [-0.2, -0.15) is 13.7 Å². The number of carbonyl (C=O) groups is 1. The summed E-state index contributed by atoms with van der Waals surface area (Å²) in [6.45, 7) is 2.04. The normalized spacial score (nSPS) is 16.4. The molecule has 6 nitrogen and oxygen atoms in total. The van der Waals surface area contributed by atoms with E-state index in [2.05, 4.69) is 4.98 Å². The Kier molecular flexibility index (Phi) is 5.33. The Balaban J connectivity index is 1.64. The Morgan fingerprint density at radius 2 is 1.81 bits per heavy atom. The van der Waals surface area contributed by atoms with Crippen LogP contribution >= 0.6 is 0 Å². The van der Waals surface area contributed by atoms with Crippen LogP contribution in [0.1, 0.15) is 30.1 Å². The first-order valence-electron chi connectivity index (χ1n) is 8.26. The summed E-state index contributed by atoms with van der Waals surface area (Å²) in [5, 5.41) is 0. The number of piperidine rings is 1. The van der Waals surface area contributed by atoms with Crippen LogP contribution < -0.4 is 4.74 Å². The van der Waals surface area contributed by atoms with E-state index in [1.165, 1.54) is 47.6 Å². The second-order valence-electron chi connectivity index (χ2n) is 6.10. The smallest absolute Gasteiger partial charge is 0.243 e. The van der Waals surface area contributed by atoms with Gasteiger partial charge < -0.3 is 4.74 Å². The predicted molar refractivity (Wildman–Crippen MR) is 93.1 cm³/mol. The zero-order valence-corrected chi connectivity index (χ0v) is 15.1. The van der Waals surface area contributed by atoms with E-state index in [4.69, 9.17) is 4.74 Å². The number of carbonyl (C=O) groups excluding carboxylic acids is 1. The molecule has 1 saturated heterocycles. The van der Waals surface area contributed by atoms with Crippen LogP contribution in [0.15, 0.2) is 47.4 Å². The van der Waals surface area contributed by atoms with E-state index in [0.29, 0.717) is 31.5 Å². The topological polar surface area (TPSA) is 76.6 Å². The fourth-order valence-corrected chi connectivity index (χ4v) is 4.30. The molecule has 1 aliphatic heterocycles. The molecule has 1 aliphatic rings. The summed E-state index contributed by atoms with van der Waals surface area (Å²) in [6.07, 6.45) is 0.766. The van der Waals surface area contributed by atoms with Gasteiger partial charge in [0, 0.05) is 24.7 Å². The lowest BCUT2D eigenvalue weighted by Crippen LogP contribution is -2.41. The maximum atomic E-state index is 13.1. The maximum absolute atomic E-state index is 13.1. The summed E-state index contributed by atoms with van der Waals surface area (Å²) < 4.78 is 45.6. The molecule has 2 heterocycles. The molecule has 2 aromatic rings. The minimum absolute atomic E-state index is 0.113. The van der Waals surface area contributed by atoms with Crippen molar-refractivity contribution in [3.05, 3.63) is 54.0 Å². The van der Waals surface area contributed by atoms with Gasteiger partial charge in [0.05, 0.1) is 4.90 Å². The zero-order chi connectivity index (χ0) is 18.7. The molecule has 26 heavy (non-hydrogen) atoms. The van der Waals surface area contributed by atoms with E-state index >= 15 is 0 Å². The zero-order valence-electron chi connectivity index (χ0n) is 14.3. The van der Waals surface area contributed by atoms with Crippen molar-refractivity contribution in [1.29, 1.82) is 0 Å². The van der Waals surface area contributed by atoms with Crippen LogP contribution in [0.4, 0.5) is 4.39 Å². The number of nitrogens with zero attached hydrogens (tertiary/aromatic N) is 2. The molecule has 0 atom stereocenters. The summed E-state index contributed by atoms with van der Waals surface area (Å²) in [6, 6.07) is 10.3. The number of hydrogen-bond donors (Lipinski definition) is 0. The molecular weight excluding hydrogens is 359 g/mol. The predicted octanol–water partition coefficient (Wildman–Crippen LogP) is 2.66. The Labute approximate surface area is 151 Å². The maximum Gasteiger partial charge on any atom is 0.243 e.